The van der Waals surface area contributed by atoms with Gasteiger partial charge in [-0.1, -0.05) is 6.92 Å². The molecule has 18 heavy (non-hydrogen) atoms. The Hall–Kier alpha value is -0.650. The zero-order valence-electron chi connectivity index (χ0n) is 11.9. The zero-order chi connectivity index (χ0) is 13.5. The van der Waals surface area contributed by atoms with E-state index in [-0.39, 0.29) is 5.97 Å². The lowest BCUT2D eigenvalue weighted by molar-refractivity contribution is -0.142. The Morgan fingerprint density at radius 1 is 1.61 bits per heavy atom. The van der Waals surface area contributed by atoms with Crippen LogP contribution in [-0.4, -0.2) is 68.2 Å². The average molecular weight is 257 g/mol. The van der Waals surface area contributed by atoms with E-state index in [1.54, 1.807) is 0 Å². The van der Waals surface area contributed by atoms with E-state index >= 15 is 0 Å². The van der Waals surface area contributed by atoms with Crippen molar-refractivity contribution in [3.05, 3.63) is 0 Å². The predicted octanol–water partition coefficient (Wildman–Crippen LogP) is 0.293. The average Bonchev–Trinajstić information content (AvgIpc) is 2.82. The smallest absolute Gasteiger partial charge is 0.322 e. The van der Waals surface area contributed by atoms with Crippen molar-refractivity contribution >= 4 is 5.97 Å². The third-order valence-electron chi connectivity index (χ3n) is 3.75. The number of methoxy groups -OCH3 is 1. The number of likely N-dealkylation sites (tertiary alicyclic amines) is 1. The van der Waals surface area contributed by atoms with Gasteiger partial charge >= 0.3 is 5.97 Å². The molecule has 0 spiro atoms. The number of nitrogens with zero attached hydrogens (tertiary/aromatic N) is 2. The number of carbonyl (C=O) groups excluding carboxylic acids is 1. The number of rotatable bonds is 7. The second kappa shape index (κ2) is 7.71. The van der Waals surface area contributed by atoms with Crippen molar-refractivity contribution in [1.29, 1.82) is 0 Å². The number of esters is 1. The highest BCUT2D eigenvalue weighted by Crippen LogP contribution is 2.17. The van der Waals surface area contributed by atoms with E-state index in [1.165, 1.54) is 26.5 Å². The Labute approximate surface area is 110 Å². The lowest BCUT2D eigenvalue weighted by atomic mass is 10.2. The molecule has 0 amide bonds. The normalized spacial score (nSPS) is 22.4. The Morgan fingerprint density at radius 2 is 2.33 bits per heavy atom. The van der Waals surface area contributed by atoms with Crippen molar-refractivity contribution in [1.82, 2.24) is 9.80 Å². The molecule has 1 aliphatic heterocycles. The molecule has 1 fully saturated rings. The second-order valence-electron chi connectivity index (χ2n) is 5.11. The predicted molar refractivity (Wildman–Crippen MR) is 72.4 cm³/mol. The van der Waals surface area contributed by atoms with Gasteiger partial charge in [0.25, 0.3) is 0 Å². The van der Waals surface area contributed by atoms with Crippen LogP contribution in [0.3, 0.4) is 0 Å². The molecule has 0 aromatic heterocycles. The van der Waals surface area contributed by atoms with Crippen molar-refractivity contribution < 1.29 is 9.53 Å². The Bertz CT molecular complexity index is 261. The molecule has 1 heterocycles. The molecule has 2 atom stereocenters. The molecule has 0 saturated carbocycles. The summed E-state index contributed by atoms with van der Waals surface area (Å²) in [6.07, 6.45) is 3.23. The first-order valence-corrected chi connectivity index (χ1v) is 6.84. The summed E-state index contributed by atoms with van der Waals surface area (Å²) >= 11 is 0. The fourth-order valence-corrected chi connectivity index (χ4v) is 2.60. The first-order valence-electron chi connectivity index (χ1n) is 6.84. The van der Waals surface area contributed by atoms with E-state index in [4.69, 9.17) is 5.73 Å². The number of ether oxygens (including phenoxy) is 1. The molecular weight excluding hydrogens is 230 g/mol. The molecule has 2 unspecified atom stereocenters. The summed E-state index contributed by atoms with van der Waals surface area (Å²) in [5.41, 5.74) is 5.73. The van der Waals surface area contributed by atoms with Gasteiger partial charge in [-0.05, 0) is 45.9 Å². The van der Waals surface area contributed by atoms with Crippen LogP contribution in [0.2, 0.25) is 0 Å². The topological polar surface area (TPSA) is 58.8 Å². The van der Waals surface area contributed by atoms with E-state index in [1.807, 2.05) is 0 Å². The zero-order valence-corrected chi connectivity index (χ0v) is 11.9. The van der Waals surface area contributed by atoms with E-state index in [0.717, 1.165) is 19.6 Å². The quantitative estimate of drug-likeness (QED) is 0.665. The fraction of sp³-hybridized carbons (Fsp3) is 0.923. The summed E-state index contributed by atoms with van der Waals surface area (Å²) in [4.78, 5) is 16.0. The Balaban J connectivity index is 2.24. The van der Waals surface area contributed by atoms with Gasteiger partial charge in [0.1, 0.15) is 6.04 Å². The molecule has 0 bridgehead atoms. The van der Waals surface area contributed by atoms with Crippen LogP contribution >= 0.6 is 0 Å². The second-order valence-corrected chi connectivity index (χ2v) is 5.11. The number of nitrogens with two attached hydrogens (primary N) is 1. The van der Waals surface area contributed by atoms with Crippen LogP contribution in [0.1, 0.15) is 26.2 Å². The van der Waals surface area contributed by atoms with E-state index in [9.17, 15) is 4.79 Å². The van der Waals surface area contributed by atoms with Crippen molar-refractivity contribution in [2.24, 2.45) is 5.73 Å². The number of carbonyl (C=O) groups is 1. The monoisotopic (exact) mass is 257 g/mol. The van der Waals surface area contributed by atoms with Gasteiger partial charge in [0, 0.05) is 12.6 Å². The number of likely N-dealkylation sites (N-methyl/N-ethyl adjacent to an activating group) is 2. The van der Waals surface area contributed by atoms with Gasteiger partial charge in [0.2, 0.25) is 0 Å². The molecule has 106 valence electrons. The number of hydrogen-bond donors (Lipinski definition) is 1. The largest absolute Gasteiger partial charge is 0.468 e. The van der Waals surface area contributed by atoms with Crippen LogP contribution in [0, 0.1) is 0 Å². The van der Waals surface area contributed by atoms with Crippen LogP contribution in [0.4, 0.5) is 0 Å². The van der Waals surface area contributed by atoms with Gasteiger partial charge in [0.15, 0.2) is 0 Å². The minimum atomic E-state index is -0.497. The molecular formula is C13H27N3O2. The third-order valence-corrected chi connectivity index (χ3v) is 3.75. The summed E-state index contributed by atoms with van der Waals surface area (Å²) in [6.45, 7) is 6.45. The van der Waals surface area contributed by atoms with Crippen LogP contribution in [0.25, 0.3) is 0 Å². The molecule has 5 nitrogen and oxygen atoms in total. The van der Waals surface area contributed by atoms with Gasteiger partial charge in [-0.15, -0.1) is 0 Å². The van der Waals surface area contributed by atoms with E-state index < -0.39 is 6.04 Å². The maximum atomic E-state index is 11.2. The summed E-state index contributed by atoms with van der Waals surface area (Å²) in [6, 6.07) is 0.164. The molecule has 1 rings (SSSR count). The molecule has 0 aromatic rings. The summed E-state index contributed by atoms with van der Waals surface area (Å²) in [7, 11) is 3.47. The van der Waals surface area contributed by atoms with Crippen LogP contribution in [0.5, 0.6) is 0 Å². The van der Waals surface area contributed by atoms with Crippen LogP contribution < -0.4 is 5.73 Å². The fourth-order valence-electron chi connectivity index (χ4n) is 2.60. The van der Waals surface area contributed by atoms with Crippen LogP contribution in [0.15, 0.2) is 0 Å². The molecule has 0 aromatic carbocycles. The SMILES string of the molecule is CCN1CCCC1CN(C)CCC(N)C(=O)OC. The lowest BCUT2D eigenvalue weighted by Crippen LogP contribution is -2.41. The molecule has 1 saturated heterocycles. The lowest BCUT2D eigenvalue weighted by Gasteiger charge is -2.28. The van der Waals surface area contributed by atoms with E-state index in [0.29, 0.717) is 12.5 Å². The van der Waals surface area contributed by atoms with E-state index in [2.05, 4.69) is 28.5 Å². The summed E-state index contributed by atoms with van der Waals surface area (Å²) in [5, 5.41) is 0. The first-order chi connectivity index (χ1) is 8.58. The first kappa shape index (κ1) is 15.4. The Kier molecular flexibility index (Phi) is 6.60. The molecule has 0 aliphatic carbocycles. The number of hydrogen-bond acceptors (Lipinski definition) is 5. The minimum absolute atomic E-state index is 0.320. The molecule has 5 heteroatoms. The van der Waals surface area contributed by atoms with Crippen LogP contribution in [-0.2, 0) is 9.53 Å². The van der Waals surface area contributed by atoms with Crippen molar-refractivity contribution in [3.63, 3.8) is 0 Å². The van der Waals surface area contributed by atoms with Gasteiger partial charge in [-0.3, -0.25) is 9.69 Å². The Morgan fingerprint density at radius 3 is 2.94 bits per heavy atom. The maximum Gasteiger partial charge on any atom is 0.322 e. The van der Waals surface area contributed by atoms with Gasteiger partial charge in [-0.25, -0.2) is 0 Å². The van der Waals surface area contributed by atoms with Gasteiger partial charge < -0.3 is 15.4 Å². The summed E-state index contributed by atoms with van der Waals surface area (Å²) < 4.78 is 4.62. The standard InChI is InChI=1S/C13H27N3O2/c1-4-16-8-5-6-11(16)10-15(2)9-7-12(14)13(17)18-3/h11-12H,4-10,14H2,1-3H3. The van der Waals surface area contributed by atoms with Crippen molar-refractivity contribution in [2.45, 2.75) is 38.3 Å². The van der Waals surface area contributed by atoms with Gasteiger partial charge in [0.05, 0.1) is 7.11 Å². The molecule has 1 aliphatic rings. The maximum absolute atomic E-state index is 11.2. The van der Waals surface area contributed by atoms with Gasteiger partial charge in [-0.2, -0.15) is 0 Å². The molecule has 2 N–H and O–H groups in total. The highest BCUT2D eigenvalue weighted by Gasteiger charge is 2.24. The third kappa shape index (κ3) is 4.55. The van der Waals surface area contributed by atoms with Crippen molar-refractivity contribution in [3.8, 4) is 0 Å². The highest BCUT2D eigenvalue weighted by atomic mass is 16.5. The minimum Gasteiger partial charge on any atom is -0.468 e. The highest BCUT2D eigenvalue weighted by molar-refractivity contribution is 5.75. The summed E-state index contributed by atoms with van der Waals surface area (Å²) in [5.74, 6) is -0.320. The van der Waals surface area contributed by atoms with Crippen molar-refractivity contribution in [2.75, 3.05) is 40.3 Å². The molecule has 0 radical (unpaired) electrons.